The molecule has 0 radical (unpaired) electrons. The molecule has 3 aromatic rings. The van der Waals surface area contributed by atoms with Crippen molar-refractivity contribution in [3.05, 3.63) is 52.6 Å². The fourth-order valence-corrected chi connectivity index (χ4v) is 1.64. The summed E-state index contributed by atoms with van der Waals surface area (Å²) in [7, 11) is 0. The minimum Gasteiger partial charge on any atom is -0.268 e. The van der Waals surface area contributed by atoms with E-state index in [1.54, 1.807) is 6.07 Å². The Morgan fingerprint density at radius 2 is 1.94 bits per heavy atom. The van der Waals surface area contributed by atoms with Gasteiger partial charge in [0.25, 0.3) is 5.56 Å². The van der Waals surface area contributed by atoms with Crippen molar-refractivity contribution in [2.75, 3.05) is 0 Å². The summed E-state index contributed by atoms with van der Waals surface area (Å²) in [5.41, 5.74) is -0.385. The molecular weight excluding hydrogens is 228 g/mol. The number of rotatable bonds is 0. The second-order valence-electron chi connectivity index (χ2n) is 3.49. The van der Waals surface area contributed by atoms with Gasteiger partial charge < -0.3 is 0 Å². The minimum absolute atomic E-state index is 0.0226. The van der Waals surface area contributed by atoms with E-state index in [1.807, 2.05) is 0 Å². The molecule has 0 atom stereocenters. The number of fused-ring (bicyclic) bond motifs is 2. The van der Waals surface area contributed by atoms with Crippen LogP contribution in [0.2, 0.25) is 0 Å². The van der Waals surface area contributed by atoms with E-state index in [9.17, 15) is 13.6 Å². The van der Waals surface area contributed by atoms with Crippen molar-refractivity contribution in [1.82, 2.24) is 14.4 Å². The van der Waals surface area contributed by atoms with Gasteiger partial charge in [0.2, 0.25) is 5.78 Å². The van der Waals surface area contributed by atoms with E-state index in [4.69, 9.17) is 0 Å². The molecular formula is C11H5F2N3O. The van der Waals surface area contributed by atoms with E-state index >= 15 is 0 Å². The van der Waals surface area contributed by atoms with Crippen LogP contribution in [0.4, 0.5) is 8.78 Å². The van der Waals surface area contributed by atoms with Crippen LogP contribution < -0.4 is 5.56 Å². The lowest BCUT2D eigenvalue weighted by molar-refractivity contribution is 0.510. The van der Waals surface area contributed by atoms with Crippen molar-refractivity contribution >= 4 is 16.7 Å². The van der Waals surface area contributed by atoms with Gasteiger partial charge in [-0.2, -0.15) is 0 Å². The summed E-state index contributed by atoms with van der Waals surface area (Å²) in [5.74, 6) is -1.96. The summed E-state index contributed by atoms with van der Waals surface area (Å²) < 4.78 is 27.3. The molecule has 0 aliphatic rings. The molecule has 0 aliphatic heterocycles. The van der Waals surface area contributed by atoms with Gasteiger partial charge in [0, 0.05) is 18.5 Å². The van der Waals surface area contributed by atoms with Gasteiger partial charge in [0.05, 0.1) is 10.9 Å². The lowest BCUT2D eigenvalue weighted by Gasteiger charge is -2.02. The topological polar surface area (TPSA) is 47.3 Å². The minimum atomic E-state index is -1.07. The van der Waals surface area contributed by atoms with E-state index in [2.05, 4.69) is 9.97 Å². The van der Waals surface area contributed by atoms with Crippen LogP contribution in [0.15, 0.2) is 35.4 Å². The number of halogens is 2. The van der Waals surface area contributed by atoms with Crippen molar-refractivity contribution in [1.29, 1.82) is 0 Å². The van der Waals surface area contributed by atoms with E-state index in [0.717, 1.165) is 12.1 Å². The first-order valence-electron chi connectivity index (χ1n) is 4.79. The van der Waals surface area contributed by atoms with Crippen molar-refractivity contribution in [3.63, 3.8) is 0 Å². The molecule has 0 fully saturated rings. The Kier molecular flexibility index (Phi) is 1.91. The van der Waals surface area contributed by atoms with E-state index in [1.165, 1.54) is 16.8 Å². The summed E-state index contributed by atoms with van der Waals surface area (Å²) in [6.45, 7) is 0. The summed E-state index contributed by atoms with van der Waals surface area (Å²) in [6, 6.07) is 3.29. The van der Waals surface area contributed by atoms with Crippen LogP contribution in [0.3, 0.4) is 0 Å². The van der Waals surface area contributed by atoms with E-state index < -0.39 is 17.2 Å². The zero-order valence-electron chi connectivity index (χ0n) is 8.39. The SMILES string of the molecule is O=c1c2cc(F)c(F)cc2nc2ncccn12. The van der Waals surface area contributed by atoms with Crippen molar-refractivity contribution in [3.8, 4) is 0 Å². The monoisotopic (exact) mass is 233 g/mol. The molecule has 0 saturated carbocycles. The van der Waals surface area contributed by atoms with Crippen LogP contribution in [0.1, 0.15) is 0 Å². The fourth-order valence-electron chi connectivity index (χ4n) is 1.64. The second kappa shape index (κ2) is 3.31. The molecule has 4 nitrogen and oxygen atoms in total. The number of benzene rings is 1. The smallest absolute Gasteiger partial charge is 0.267 e. The Morgan fingerprint density at radius 3 is 2.76 bits per heavy atom. The Labute approximate surface area is 93.2 Å². The molecule has 6 heteroatoms. The molecule has 17 heavy (non-hydrogen) atoms. The maximum Gasteiger partial charge on any atom is 0.267 e. The molecule has 0 bridgehead atoms. The largest absolute Gasteiger partial charge is 0.268 e. The average molecular weight is 233 g/mol. The number of nitrogens with zero attached hydrogens (tertiary/aromatic N) is 3. The van der Waals surface area contributed by atoms with Crippen molar-refractivity contribution in [2.45, 2.75) is 0 Å². The molecule has 0 amide bonds. The first kappa shape index (κ1) is 9.83. The highest BCUT2D eigenvalue weighted by atomic mass is 19.2. The molecule has 0 saturated heterocycles. The zero-order chi connectivity index (χ0) is 12.0. The lowest BCUT2D eigenvalue weighted by Crippen LogP contribution is -2.16. The third kappa shape index (κ3) is 1.37. The highest BCUT2D eigenvalue weighted by molar-refractivity contribution is 5.79. The Hall–Kier alpha value is -2.37. The Bertz CT molecular complexity index is 798. The van der Waals surface area contributed by atoms with Crippen molar-refractivity contribution < 1.29 is 8.78 Å². The van der Waals surface area contributed by atoms with Crippen LogP contribution in [-0.4, -0.2) is 14.4 Å². The van der Waals surface area contributed by atoms with Gasteiger partial charge >= 0.3 is 0 Å². The van der Waals surface area contributed by atoms with Gasteiger partial charge in [-0.3, -0.25) is 9.20 Å². The standard InChI is InChI=1S/C11H5F2N3O/c12-7-4-6-9(5-8(7)13)15-11-14-2-1-3-16(11)10(6)17/h1-5H. The first-order chi connectivity index (χ1) is 8.16. The van der Waals surface area contributed by atoms with Gasteiger partial charge in [-0.15, -0.1) is 0 Å². The third-order valence-electron chi connectivity index (χ3n) is 2.43. The highest BCUT2D eigenvalue weighted by Gasteiger charge is 2.10. The number of aromatic nitrogens is 3. The predicted octanol–water partition coefficient (Wildman–Crippen LogP) is 1.52. The van der Waals surface area contributed by atoms with Gasteiger partial charge in [-0.1, -0.05) is 0 Å². The Balaban J connectivity index is 2.60. The predicted molar refractivity (Wildman–Crippen MR) is 56.7 cm³/mol. The van der Waals surface area contributed by atoms with E-state index in [-0.39, 0.29) is 16.7 Å². The maximum atomic E-state index is 13.1. The Morgan fingerprint density at radius 1 is 1.18 bits per heavy atom. The van der Waals surface area contributed by atoms with Gasteiger partial charge in [-0.05, 0) is 12.1 Å². The quantitative estimate of drug-likeness (QED) is 0.553. The number of hydrogen-bond acceptors (Lipinski definition) is 3. The van der Waals surface area contributed by atoms with Gasteiger partial charge in [-0.25, -0.2) is 18.7 Å². The summed E-state index contributed by atoms with van der Waals surface area (Å²) in [6.07, 6.45) is 2.94. The average Bonchev–Trinajstić information content (AvgIpc) is 2.32. The van der Waals surface area contributed by atoms with E-state index in [0.29, 0.717) is 0 Å². The molecule has 0 N–H and O–H groups in total. The fraction of sp³-hybridized carbons (Fsp3) is 0. The summed E-state index contributed by atoms with van der Waals surface area (Å²) in [5, 5.41) is 0.0226. The second-order valence-corrected chi connectivity index (χ2v) is 3.49. The van der Waals surface area contributed by atoms with Gasteiger partial charge in [0.1, 0.15) is 0 Å². The third-order valence-corrected chi connectivity index (χ3v) is 2.43. The molecule has 0 unspecified atom stereocenters. The van der Waals surface area contributed by atoms with Crippen LogP contribution in [0, 0.1) is 11.6 Å². The first-order valence-corrected chi connectivity index (χ1v) is 4.79. The van der Waals surface area contributed by atoms with Crippen LogP contribution in [0.25, 0.3) is 16.7 Å². The summed E-state index contributed by atoms with van der Waals surface area (Å²) >= 11 is 0. The molecule has 2 aromatic heterocycles. The van der Waals surface area contributed by atoms with Crippen LogP contribution in [-0.2, 0) is 0 Å². The molecule has 1 aromatic carbocycles. The zero-order valence-corrected chi connectivity index (χ0v) is 8.39. The molecule has 0 aliphatic carbocycles. The van der Waals surface area contributed by atoms with Gasteiger partial charge in [0.15, 0.2) is 11.6 Å². The highest BCUT2D eigenvalue weighted by Crippen LogP contribution is 2.13. The maximum absolute atomic E-state index is 13.1. The van der Waals surface area contributed by atoms with Crippen molar-refractivity contribution in [2.24, 2.45) is 0 Å². The number of hydrogen-bond donors (Lipinski definition) is 0. The summed E-state index contributed by atoms with van der Waals surface area (Å²) in [4.78, 5) is 19.8. The lowest BCUT2D eigenvalue weighted by atomic mass is 10.2. The van der Waals surface area contributed by atoms with Crippen LogP contribution >= 0.6 is 0 Å². The normalized spacial score (nSPS) is 11.2. The molecule has 2 heterocycles. The van der Waals surface area contributed by atoms with Crippen LogP contribution in [0.5, 0.6) is 0 Å². The molecule has 3 rings (SSSR count). The molecule has 84 valence electrons. The molecule has 0 spiro atoms.